The zero-order chi connectivity index (χ0) is 10.8. The molecule has 0 aliphatic carbocycles. The number of carbonyl (C=O) groups excluding carboxylic acids is 2. The van der Waals surface area contributed by atoms with Crippen LogP contribution in [0, 0.1) is 0 Å². The van der Waals surface area contributed by atoms with E-state index in [0.29, 0.717) is 24.2 Å². The van der Waals surface area contributed by atoms with Gasteiger partial charge in [0.2, 0.25) is 0 Å². The average Bonchev–Trinajstić information content (AvgIpc) is 2.56. The summed E-state index contributed by atoms with van der Waals surface area (Å²) in [4.78, 5) is 23.4. The largest absolute Gasteiger partial charge is 0.350 e. The van der Waals surface area contributed by atoms with Crippen LogP contribution in [0.15, 0.2) is 12.3 Å². The summed E-state index contributed by atoms with van der Waals surface area (Å²) in [6.07, 6.45) is 3.16. The van der Waals surface area contributed by atoms with E-state index in [1.807, 2.05) is 17.7 Å². The maximum absolute atomic E-state index is 11.7. The Morgan fingerprint density at radius 3 is 3.00 bits per heavy atom. The molecule has 0 bridgehead atoms. The van der Waals surface area contributed by atoms with Crippen molar-refractivity contribution in [3.05, 3.63) is 23.5 Å². The third kappa shape index (κ3) is 1.67. The Morgan fingerprint density at radius 1 is 1.47 bits per heavy atom. The SMILES string of the molecule is CCCn1ccc2c1C(=O)NCCC2=O. The number of nitrogens with zero attached hydrogens (tertiary/aromatic N) is 1. The van der Waals surface area contributed by atoms with Gasteiger partial charge in [-0.1, -0.05) is 6.92 Å². The molecule has 0 saturated heterocycles. The van der Waals surface area contributed by atoms with Gasteiger partial charge >= 0.3 is 0 Å². The lowest BCUT2D eigenvalue weighted by Gasteiger charge is -2.06. The maximum Gasteiger partial charge on any atom is 0.268 e. The third-order valence-electron chi connectivity index (χ3n) is 2.58. The number of carbonyl (C=O) groups is 2. The van der Waals surface area contributed by atoms with E-state index in [0.717, 1.165) is 13.0 Å². The lowest BCUT2D eigenvalue weighted by atomic mass is 10.1. The van der Waals surface area contributed by atoms with E-state index < -0.39 is 0 Å². The van der Waals surface area contributed by atoms with Crippen LogP contribution in [-0.4, -0.2) is 22.8 Å². The van der Waals surface area contributed by atoms with Crippen LogP contribution in [-0.2, 0) is 6.54 Å². The van der Waals surface area contributed by atoms with Gasteiger partial charge in [0, 0.05) is 31.3 Å². The highest BCUT2D eigenvalue weighted by Gasteiger charge is 2.24. The topological polar surface area (TPSA) is 51.1 Å². The number of hydrogen-bond donors (Lipinski definition) is 1. The fourth-order valence-corrected chi connectivity index (χ4v) is 1.89. The van der Waals surface area contributed by atoms with Crippen LogP contribution in [0.4, 0.5) is 0 Å². The number of aryl methyl sites for hydroxylation is 1. The molecule has 1 aromatic heterocycles. The second-order valence-electron chi connectivity index (χ2n) is 3.70. The summed E-state index contributed by atoms with van der Waals surface area (Å²) in [5.74, 6) is -0.0764. The van der Waals surface area contributed by atoms with Gasteiger partial charge in [-0.05, 0) is 12.5 Å². The van der Waals surface area contributed by atoms with Crippen molar-refractivity contribution in [1.82, 2.24) is 9.88 Å². The van der Waals surface area contributed by atoms with Gasteiger partial charge in [0.25, 0.3) is 5.91 Å². The predicted molar refractivity (Wildman–Crippen MR) is 56.0 cm³/mol. The Kier molecular flexibility index (Phi) is 2.58. The highest BCUT2D eigenvalue weighted by Crippen LogP contribution is 2.16. The molecule has 0 spiro atoms. The summed E-state index contributed by atoms with van der Waals surface area (Å²) >= 11 is 0. The molecule has 1 N–H and O–H groups in total. The van der Waals surface area contributed by atoms with Crippen molar-refractivity contribution < 1.29 is 9.59 Å². The molecule has 80 valence electrons. The summed E-state index contributed by atoms with van der Waals surface area (Å²) in [6, 6.07) is 1.75. The number of aromatic nitrogens is 1. The summed E-state index contributed by atoms with van der Waals surface area (Å²) in [7, 11) is 0. The monoisotopic (exact) mass is 206 g/mol. The zero-order valence-electron chi connectivity index (χ0n) is 8.75. The minimum atomic E-state index is -0.130. The Balaban J connectivity index is 2.47. The van der Waals surface area contributed by atoms with E-state index in [4.69, 9.17) is 0 Å². The lowest BCUT2D eigenvalue weighted by molar-refractivity contribution is 0.0947. The molecule has 4 heteroatoms. The van der Waals surface area contributed by atoms with Crippen molar-refractivity contribution in [2.45, 2.75) is 26.3 Å². The molecule has 1 aliphatic heterocycles. The number of nitrogens with one attached hydrogen (secondary N) is 1. The quantitative estimate of drug-likeness (QED) is 0.790. The molecule has 0 aromatic carbocycles. The van der Waals surface area contributed by atoms with Gasteiger partial charge in [0.05, 0.1) is 0 Å². The van der Waals surface area contributed by atoms with Crippen LogP contribution in [0.1, 0.15) is 40.6 Å². The molecule has 1 aromatic rings. The van der Waals surface area contributed by atoms with Crippen LogP contribution < -0.4 is 5.32 Å². The van der Waals surface area contributed by atoms with Gasteiger partial charge < -0.3 is 9.88 Å². The fraction of sp³-hybridized carbons (Fsp3) is 0.455. The normalized spacial score (nSPS) is 15.8. The fourth-order valence-electron chi connectivity index (χ4n) is 1.89. The average molecular weight is 206 g/mol. The van der Waals surface area contributed by atoms with E-state index in [1.165, 1.54) is 0 Å². The summed E-state index contributed by atoms with van der Waals surface area (Å²) in [5, 5.41) is 2.74. The molecule has 2 rings (SSSR count). The molecule has 0 saturated carbocycles. The van der Waals surface area contributed by atoms with E-state index >= 15 is 0 Å². The lowest BCUT2D eigenvalue weighted by Crippen LogP contribution is -2.25. The minimum absolute atomic E-state index is 0.0539. The molecule has 0 fully saturated rings. The van der Waals surface area contributed by atoms with Crippen molar-refractivity contribution >= 4 is 11.7 Å². The van der Waals surface area contributed by atoms with Crippen LogP contribution >= 0.6 is 0 Å². The molecule has 0 atom stereocenters. The smallest absolute Gasteiger partial charge is 0.268 e. The first kappa shape index (κ1) is 9.96. The molecule has 1 aliphatic rings. The molecule has 15 heavy (non-hydrogen) atoms. The van der Waals surface area contributed by atoms with Crippen molar-refractivity contribution in [2.75, 3.05) is 6.54 Å². The van der Waals surface area contributed by atoms with Crippen LogP contribution in [0.25, 0.3) is 0 Å². The summed E-state index contributed by atoms with van der Waals surface area (Å²) in [5.41, 5.74) is 1.10. The van der Waals surface area contributed by atoms with Gasteiger partial charge in [-0.3, -0.25) is 9.59 Å². The van der Waals surface area contributed by atoms with E-state index in [-0.39, 0.29) is 11.7 Å². The van der Waals surface area contributed by atoms with E-state index in [1.54, 1.807) is 6.07 Å². The van der Waals surface area contributed by atoms with Gasteiger partial charge in [-0.2, -0.15) is 0 Å². The highest BCUT2D eigenvalue weighted by molar-refractivity contribution is 6.08. The van der Waals surface area contributed by atoms with Gasteiger partial charge in [0.1, 0.15) is 5.69 Å². The van der Waals surface area contributed by atoms with Gasteiger partial charge in [0.15, 0.2) is 5.78 Å². The first-order chi connectivity index (χ1) is 7.24. The van der Waals surface area contributed by atoms with Crippen LogP contribution in [0.5, 0.6) is 0 Å². The predicted octanol–water partition coefficient (Wildman–Crippen LogP) is 1.21. The second-order valence-corrected chi connectivity index (χ2v) is 3.70. The molecule has 0 unspecified atom stereocenters. The molecule has 1 amide bonds. The third-order valence-corrected chi connectivity index (χ3v) is 2.58. The summed E-state index contributed by atoms with van der Waals surface area (Å²) < 4.78 is 1.86. The zero-order valence-corrected chi connectivity index (χ0v) is 8.75. The molecular formula is C11H14N2O2. The van der Waals surface area contributed by atoms with E-state index in [2.05, 4.69) is 5.32 Å². The highest BCUT2D eigenvalue weighted by atomic mass is 16.2. The number of amides is 1. The van der Waals surface area contributed by atoms with Crippen molar-refractivity contribution in [1.29, 1.82) is 0 Å². The number of ketones is 1. The number of hydrogen-bond acceptors (Lipinski definition) is 2. The molecule has 0 radical (unpaired) electrons. The Labute approximate surface area is 88.3 Å². The minimum Gasteiger partial charge on any atom is -0.350 e. The Hall–Kier alpha value is -1.58. The van der Waals surface area contributed by atoms with Crippen molar-refractivity contribution in [3.8, 4) is 0 Å². The Morgan fingerprint density at radius 2 is 2.27 bits per heavy atom. The number of fused-ring (bicyclic) bond motifs is 1. The second kappa shape index (κ2) is 3.88. The first-order valence-electron chi connectivity index (χ1n) is 5.24. The first-order valence-corrected chi connectivity index (χ1v) is 5.24. The molecular weight excluding hydrogens is 192 g/mol. The maximum atomic E-state index is 11.7. The van der Waals surface area contributed by atoms with Crippen LogP contribution in [0.3, 0.4) is 0 Å². The number of Topliss-reactive ketones (excluding diaryl/α,β-unsaturated/α-hetero) is 1. The molecule has 4 nitrogen and oxygen atoms in total. The van der Waals surface area contributed by atoms with Crippen molar-refractivity contribution in [3.63, 3.8) is 0 Å². The number of rotatable bonds is 2. The van der Waals surface area contributed by atoms with Gasteiger partial charge in [-0.25, -0.2) is 0 Å². The van der Waals surface area contributed by atoms with Gasteiger partial charge in [-0.15, -0.1) is 0 Å². The van der Waals surface area contributed by atoms with Crippen molar-refractivity contribution in [2.24, 2.45) is 0 Å². The van der Waals surface area contributed by atoms with E-state index in [9.17, 15) is 9.59 Å². The summed E-state index contributed by atoms with van der Waals surface area (Å²) in [6.45, 7) is 3.26. The molecule has 2 heterocycles. The Bertz CT molecular complexity index is 407. The van der Waals surface area contributed by atoms with Crippen LogP contribution in [0.2, 0.25) is 0 Å². The standard InChI is InChI=1S/C11H14N2O2/c1-2-6-13-7-4-8-9(14)3-5-12-11(15)10(8)13/h4,7H,2-3,5-6H2,1H3,(H,12,15).